The molecule has 1 amide bonds. The number of aromatic amines is 1. The number of amides is 1. The van der Waals surface area contributed by atoms with E-state index in [1.807, 2.05) is 42.5 Å². The van der Waals surface area contributed by atoms with Crippen LogP contribution >= 0.6 is 23.2 Å². The van der Waals surface area contributed by atoms with Gasteiger partial charge in [0, 0.05) is 45.8 Å². The molecule has 1 unspecified atom stereocenters. The van der Waals surface area contributed by atoms with Gasteiger partial charge in [-0.3, -0.25) is 14.4 Å². The van der Waals surface area contributed by atoms with Crippen molar-refractivity contribution in [1.29, 1.82) is 0 Å². The van der Waals surface area contributed by atoms with Gasteiger partial charge in [-0.2, -0.15) is 5.10 Å². The summed E-state index contributed by atoms with van der Waals surface area (Å²) in [5.41, 5.74) is 3.25. The van der Waals surface area contributed by atoms with Crippen molar-refractivity contribution in [3.8, 4) is 11.1 Å². The number of carboxylic acid groups (broad SMARTS) is 1. The fourth-order valence-corrected chi connectivity index (χ4v) is 5.26. The number of hydrazone groups is 1. The Bertz CT molecular complexity index is 1630. The summed E-state index contributed by atoms with van der Waals surface area (Å²) in [4.78, 5) is 40.8. The molecule has 1 atom stereocenters. The molecule has 1 aliphatic rings. The number of rotatable bonds is 7. The van der Waals surface area contributed by atoms with Crippen molar-refractivity contribution >= 4 is 51.7 Å². The fraction of sp³-hybridized carbons (Fsp3) is 0.172. The number of carbonyl (C=O) groups is 2. The normalized spacial score (nSPS) is 15.1. The minimum atomic E-state index is -0.972. The van der Waals surface area contributed by atoms with Crippen molar-refractivity contribution in [3.63, 3.8) is 0 Å². The number of carbonyl (C=O) groups excluding carboxylic acids is 1. The summed E-state index contributed by atoms with van der Waals surface area (Å²) in [5.74, 6) is -1.31. The van der Waals surface area contributed by atoms with Crippen LogP contribution in [0.1, 0.15) is 42.9 Å². The lowest BCUT2D eigenvalue weighted by Gasteiger charge is -2.22. The molecule has 1 aromatic heterocycles. The molecular weight excluding hydrogens is 525 g/mol. The van der Waals surface area contributed by atoms with E-state index in [9.17, 15) is 14.4 Å². The number of hydrogen-bond donors (Lipinski definition) is 2. The van der Waals surface area contributed by atoms with E-state index < -0.39 is 12.0 Å². The number of pyridine rings is 1. The Morgan fingerprint density at radius 3 is 2.45 bits per heavy atom. The SMILES string of the molecule is O=C(O)CCCC(=O)N1N=C(c2c(-c3ccccc3)c3cc(Cl)ccc3[nH]c2=O)CC1c1ccccc1Cl. The van der Waals surface area contributed by atoms with Crippen LogP contribution in [0.2, 0.25) is 10.0 Å². The average molecular weight is 548 g/mol. The van der Waals surface area contributed by atoms with Gasteiger partial charge in [0.05, 0.1) is 17.3 Å². The first-order valence-electron chi connectivity index (χ1n) is 12.1. The maximum absolute atomic E-state index is 13.6. The molecule has 5 rings (SSSR count). The molecule has 2 heterocycles. The fourth-order valence-electron chi connectivity index (χ4n) is 4.83. The van der Waals surface area contributed by atoms with E-state index in [-0.39, 0.29) is 37.1 Å². The Labute approximate surface area is 228 Å². The number of carboxylic acids is 1. The lowest BCUT2D eigenvalue weighted by atomic mass is 9.91. The number of halogens is 2. The van der Waals surface area contributed by atoms with Gasteiger partial charge in [-0.05, 0) is 41.8 Å². The van der Waals surface area contributed by atoms with Gasteiger partial charge in [-0.1, -0.05) is 71.7 Å². The van der Waals surface area contributed by atoms with Crippen LogP contribution in [0.15, 0.2) is 82.7 Å². The minimum absolute atomic E-state index is 0.000734. The maximum atomic E-state index is 13.6. The molecular formula is C29H23Cl2N3O4. The number of benzene rings is 3. The molecule has 1 aliphatic heterocycles. The van der Waals surface area contributed by atoms with Crippen molar-refractivity contribution in [2.45, 2.75) is 31.7 Å². The standard InChI is InChI=1S/C29H23Cl2N3O4/c30-18-13-14-22-20(15-18)27(17-7-2-1-3-8-17)28(29(38)32-22)23-16-24(19-9-4-5-10-21(19)31)34(33-23)25(35)11-6-12-26(36)37/h1-5,7-10,13-15,24H,6,11-12,16H2,(H,32,38)(H,36,37). The third-order valence-corrected chi connectivity index (χ3v) is 7.12. The molecule has 0 bridgehead atoms. The van der Waals surface area contributed by atoms with Gasteiger partial charge in [0.2, 0.25) is 5.91 Å². The number of aliphatic carboxylic acids is 1. The van der Waals surface area contributed by atoms with E-state index in [1.165, 1.54) is 5.01 Å². The molecule has 4 aromatic rings. The number of H-pyrrole nitrogens is 1. The van der Waals surface area contributed by atoms with E-state index in [1.54, 1.807) is 30.3 Å². The number of fused-ring (bicyclic) bond motifs is 1. The van der Waals surface area contributed by atoms with Crippen molar-refractivity contribution in [3.05, 3.63) is 104 Å². The third-order valence-electron chi connectivity index (χ3n) is 6.54. The summed E-state index contributed by atoms with van der Waals surface area (Å²) in [5, 5.41) is 16.8. The highest BCUT2D eigenvalue weighted by Gasteiger charge is 2.36. The molecule has 0 aliphatic carbocycles. The molecule has 3 aromatic carbocycles. The van der Waals surface area contributed by atoms with Gasteiger partial charge in [-0.15, -0.1) is 0 Å². The van der Waals surface area contributed by atoms with Gasteiger partial charge in [0.1, 0.15) is 0 Å². The van der Waals surface area contributed by atoms with Gasteiger partial charge < -0.3 is 10.1 Å². The molecule has 9 heteroatoms. The molecule has 0 spiro atoms. The first-order valence-corrected chi connectivity index (χ1v) is 12.9. The Morgan fingerprint density at radius 2 is 1.71 bits per heavy atom. The molecule has 7 nitrogen and oxygen atoms in total. The van der Waals surface area contributed by atoms with Crippen LogP contribution in [0.3, 0.4) is 0 Å². The van der Waals surface area contributed by atoms with E-state index >= 15 is 0 Å². The lowest BCUT2D eigenvalue weighted by Crippen LogP contribution is -2.27. The van der Waals surface area contributed by atoms with Crippen LogP contribution in [0, 0.1) is 0 Å². The van der Waals surface area contributed by atoms with Crippen molar-refractivity contribution < 1.29 is 14.7 Å². The Balaban J connectivity index is 1.68. The number of nitrogens with one attached hydrogen (secondary N) is 1. The van der Waals surface area contributed by atoms with Gasteiger partial charge in [0.15, 0.2) is 0 Å². The predicted molar refractivity (Wildman–Crippen MR) is 149 cm³/mol. The second-order valence-corrected chi connectivity index (χ2v) is 9.88. The molecule has 0 saturated carbocycles. The highest BCUT2D eigenvalue weighted by molar-refractivity contribution is 6.32. The second kappa shape index (κ2) is 10.8. The zero-order chi connectivity index (χ0) is 26.8. The lowest BCUT2D eigenvalue weighted by molar-refractivity contribution is -0.137. The van der Waals surface area contributed by atoms with Crippen LogP contribution in [0.5, 0.6) is 0 Å². The van der Waals surface area contributed by atoms with Gasteiger partial charge >= 0.3 is 5.97 Å². The summed E-state index contributed by atoms with van der Waals surface area (Å²) < 4.78 is 0. The van der Waals surface area contributed by atoms with E-state index in [0.29, 0.717) is 38.0 Å². The largest absolute Gasteiger partial charge is 0.481 e. The first-order chi connectivity index (χ1) is 18.3. The van der Waals surface area contributed by atoms with Crippen LogP contribution in [-0.4, -0.2) is 32.7 Å². The molecule has 0 fully saturated rings. The number of hydrogen-bond acceptors (Lipinski definition) is 4. The Hall–Kier alpha value is -3.94. The molecule has 0 radical (unpaired) electrons. The summed E-state index contributed by atoms with van der Waals surface area (Å²) in [6.45, 7) is 0. The zero-order valence-corrected chi connectivity index (χ0v) is 21.7. The smallest absolute Gasteiger partial charge is 0.303 e. The quantitative estimate of drug-likeness (QED) is 0.278. The van der Waals surface area contributed by atoms with Gasteiger partial charge in [-0.25, -0.2) is 5.01 Å². The van der Waals surface area contributed by atoms with Crippen molar-refractivity contribution in [2.75, 3.05) is 0 Å². The summed E-state index contributed by atoms with van der Waals surface area (Å²) in [6, 6.07) is 21.4. The Kier molecular flexibility index (Phi) is 7.31. The number of nitrogens with zero attached hydrogens (tertiary/aromatic N) is 2. The summed E-state index contributed by atoms with van der Waals surface area (Å²) in [6.07, 6.45) is 0.300. The monoisotopic (exact) mass is 547 g/mol. The molecule has 0 saturated heterocycles. The summed E-state index contributed by atoms with van der Waals surface area (Å²) in [7, 11) is 0. The molecule has 192 valence electrons. The second-order valence-electron chi connectivity index (χ2n) is 9.03. The number of aromatic nitrogens is 1. The highest BCUT2D eigenvalue weighted by Crippen LogP contribution is 2.39. The minimum Gasteiger partial charge on any atom is -0.481 e. The summed E-state index contributed by atoms with van der Waals surface area (Å²) >= 11 is 12.9. The predicted octanol–water partition coefficient (Wildman–Crippen LogP) is 6.43. The van der Waals surface area contributed by atoms with Crippen LogP contribution in [-0.2, 0) is 9.59 Å². The highest BCUT2D eigenvalue weighted by atomic mass is 35.5. The Morgan fingerprint density at radius 1 is 0.974 bits per heavy atom. The first kappa shape index (κ1) is 25.7. The van der Waals surface area contributed by atoms with Crippen molar-refractivity contribution in [1.82, 2.24) is 9.99 Å². The molecule has 2 N–H and O–H groups in total. The van der Waals surface area contributed by atoms with Crippen molar-refractivity contribution in [2.24, 2.45) is 5.10 Å². The molecule has 38 heavy (non-hydrogen) atoms. The average Bonchev–Trinajstić information content (AvgIpc) is 3.33. The zero-order valence-electron chi connectivity index (χ0n) is 20.2. The third kappa shape index (κ3) is 5.08. The van der Waals surface area contributed by atoms with Crippen LogP contribution < -0.4 is 5.56 Å². The van der Waals surface area contributed by atoms with Crippen LogP contribution in [0.4, 0.5) is 0 Å². The van der Waals surface area contributed by atoms with E-state index in [2.05, 4.69) is 10.1 Å². The topological polar surface area (TPSA) is 103 Å². The van der Waals surface area contributed by atoms with Crippen LogP contribution in [0.25, 0.3) is 22.0 Å². The van der Waals surface area contributed by atoms with E-state index in [4.69, 9.17) is 28.3 Å². The maximum Gasteiger partial charge on any atom is 0.303 e. The van der Waals surface area contributed by atoms with Gasteiger partial charge in [0.25, 0.3) is 5.56 Å². The van der Waals surface area contributed by atoms with E-state index in [0.717, 1.165) is 10.9 Å².